The quantitative estimate of drug-likeness (QED) is 0.643. The number of anilines is 1. The Bertz CT molecular complexity index is 1050. The molecular weight excluding hydrogens is 356 g/mol. The molecule has 28 heavy (non-hydrogen) atoms. The van der Waals surface area contributed by atoms with E-state index in [0.29, 0.717) is 18.1 Å². The number of nitrogens with one attached hydrogen (secondary N) is 3. The van der Waals surface area contributed by atoms with Crippen molar-refractivity contribution in [3.8, 4) is 0 Å². The first-order valence-electron chi connectivity index (χ1n) is 9.21. The highest BCUT2D eigenvalue weighted by atomic mass is 16.2. The average molecular weight is 374 g/mol. The Balaban J connectivity index is 1.29. The summed E-state index contributed by atoms with van der Waals surface area (Å²) in [5.74, 6) is 0.913. The fourth-order valence-electron chi connectivity index (χ4n) is 3.80. The van der Waals surface area contributed by atoms with Gasteiger partial charge >= 0.3 is 0 Å². The van der Waals surface area contributed by atoms with E-state index < -0.39 is 11.9 Å². The number of rotatable bonds is 4. The van der Waals surface area contributed by atoms with Gasteiger partial charge in [-0.3, -0.25) is 9.59 Å². The van der Waals surface area contributed by atoms with Gasteiger partial charge in [0.2, 0.25) is 11.7 Å². The Hall–Kier alpha value is -3.55. The van der Waals surface area contributed by atoms with Crippen molar-refractivity contribution < 1.29 is 9.59 Å². The number of amides is 2. The number of aromatic amines is 1. The first-order chi connectivity index (χ1) is 13.7. The molecule has 0 spiro atoms. The van der Waals surface area contributed by atoms with E-state index in [1.165, 1.54) is 0 Å². The largest absolute Gasteiger partial charge is 0.337 e. The van der Waals surface area contributed by atoms with Gasteiger partial charge in [-0.25, -0.2) is 4.98 Å². The van der Waals surface area contributed by atoms with E-state index in [1.807, 2.05) is 42.5 Å². The van der Waals surface area contributed by atoms with Crippen LogP contribution in [-0.4, -0.2) is 38.0 Å². The highest BCUT2D eigenvalue weighted by Gasteiger charge is 2.51. The number of fused-ring (bicyclic) bond motifs is 3. The number of hydrogen-bond donors (Lipinski definition) is 3. The first-order valence-corrected chi connectivity index (χ1v) is 9.21. The summed E-state index contributed by atoms with van der Waals surface area (Å²) < 4.78 is 0. The molecule has 3 N–H and O–H groups in total. The number of carbonyl (C=O) groups excluding carboxylic acids is 2. The minimum Gasteiger partial charge on any atom is -0.337 e. The van der Waals surface area contributed by atoms with Gasteiger partial charge < -0.3 is 15.6 Å². The Kier molecular flexibility index (Phi) is 3.89. The minimum atomic E-state index is -0.616. The molecule has 3 heterocycles. The maximum Gasteiger partial charge on any atom is 0.289 e. The van der Waals surface area contributed by atoms with Crippen LogP contribution >= 0.6 is 0 Å². The fraction of sp³-hybridized carbons (Fsp3) is 0.250. The highest BCUT2D eigenvalue weighted by molar-refractivity contribution is 6.01. The first kappa shape index (κ1) is 16.6. The van der Waals surface area contributed by atoms with Crippen LogP contribution in [0.25, 0.3) is 0 Å². The molecule has 8 heteroatoms. The average Bonchev–Trinajstić information content (AvgIpc) is 3.37. The molecule has 5 rings (SSSR count). The molecule has 2 aliphatic rings. The summed E-state index contributed by atoms with van der Waals surface area (Å²) in [5.41, 5.74) is 2.10. The van der Waals surface area contributed by atoms with Gasteiger partial charge in [0.25, 0.3) is 5.91 Å². The molecule has 1 fully saturated rings. The van der Waals surface area contributed by atoms with Gasteiger partial charge in [-0.2, -0.15) is 0 Å². The maximum atomic E-state index is 12.6. The third kappa shape index (κ3) is 3.02. The van der Waals surface area contributed by atoms with Gasteiger partial charge in [0, 0.05) is 12.6 Å². The van der Waals surface area contributed by atoms with Crippen molar-refractivity contribution >= 4 is 17.6 Å². The minimum absolute atomic E-state index is 0.0705. The molecule has 0 unspecified atom stereocenters. The molecule has 0 saturated heterocycles. The van der Waals surface area contributed by atoms with E-state index in [9.17, 15) is 9.59 Å². The summed E-state index contributed by atoms with van der Waals surface area (Å²) in [6, 6.07) is 13.0. The normalized spacial score (nSPS) is 22.4. The summed E-state index contributed by atoms with van der Waals surface area (Å²) in [7, 11) is 0. The molecule has 3 atom stereocenters. The Labute approximate surface area is 160 Å². The predicted octanol–water partition coefficient (Wildman–Crippen LogP) is 1.64. The van der Waals surface area contributed by atoms with Crippen molar-refractivity contribution in [2.75, 3.05) is 5.32 Å². The summed E-state index contributed by atoms with van der Waals surface area (Å²) in [5, 5.41) is 13.6. The van der Waals surface area contributed by atoms with Crippen LogP contribution in [0.1, 0.15) is 39.9 Å². The summed E-state index contributed by atoms with van der Waals surface area (Å²) in [6.07, 6.45) is 3.06. The van der Waals surface area contributed by atoms with E-state index in [2.05, 4.69) is 30.8 Å². The van der Waals surface area contributed by atoms with Crippen LogP contribution < -0.4 is 10.6 Å². The topological polar surface area (TPSA) is 113 Å². The molecule has 0 bridgehead atoms. The van der Waals surface area contributed by atoms with Gasteiger partial charge in [0.1, 0.15) is 17.7 Å². The van der Waals surface area contributed by atoms with E-state index in [4.69, 9.17) is 0 Å². The van der Waals surface area contributed by atoms with Crippen molar-refractivity contribution in [1.82, 2.24) is 25.5 Å². The molecule has 0 radical (unpaired) electrons. The molecule has 1 aliphatic heterocycles. The number of hydrogen-bond acceptors (Lipinski definition) is 5. The lowest BCUT2D eigenvalue weighted by Gasteiger charge is -2.15. The smallest absolute Gasteiger partial charge is 0.289 e. The van der Waals surface area contributed by atoms with E-state index in [1.54, 1.807) is 6.20 Å². The molecule has 2 amide bonds. The molecule has 3 aromatic rings. The van der Waals surface area contributed by atoms with E-state index in [0.717, 1.165) is 17.5 Å². The molecule has 1 saturated carbocycles. The van der Waals surface area contributed by atoms with Crippen LogP contribution in [0, 0.1) is 5.92 Å². The Morgan fingerprint density at radius 1 is 1.14 bits per heavy atom. The summed E-state index contributed by atoms with van der Waals surface area (Å²) in [6.45, 7) is 0. The molecule has 1 aromatic carbocycles. The van der Waals surface area contributed by atoms with Gasteiger partial charge in [-0.05, 0) is 35.4 Å². The van der Waals surface area contributed by atoms with Crippen LogP contribution in [0.5, 0.6) is 0 Å². The third-order valence-corrected chi connectivity index (χ3v) is 5.28. The lowest BCUT2D eigenvalue weighted by molar-refractivity contribution is -0.118. The standard InChI is InChI=1S/C20H18N6O2/c27-19-16(14-10-13(14)12-7-4-8-21-17(12)24-19)23-20(28)18-22-15(25-26-18)9-11-5-2-1-3-6-11/h1-8,13-14,16H,9-10H2,(H,23,28)(H,21,24,27)(H,22,25,26)/t13-,14-,16-/m1/s1. The Morgan fingerprint density at radius 3 is 2.86 bits per heavy atom. The van der Waals surface area contributed by atoms with Crippen molar-refractivity contribution in [2.24, 2.45) is 5.92 Å². The monoisotopic (exact) mass is 374 g/mol. The second-order valence-electron chi connectivity index (χ2n) is 7.17. The van der Waals surface area contributed by atoms with Crippen LogP contribution in [0.3, 0.4) is 0 Å². The van der Waals surface area contributed by atoms with Gasteiger partial charge in [-0.1, -0.05) is 36.4 Å². The van der Waals surface area contributed by atoms with Crippen LogP contribution in [0.2, 0.25) is 0 Å². The predicted molar refractivity (Wildman–Crippen MR) is 101 cm³/mol. The lowest BCUT2D eigenvalue weighted by Crippen LogP contribution is -2.45. The lowest BCUT2D eigenvalue weighted by atomic mass is 10.1. The van der Waals surface area contributed by atoms with Crippen molar-refractivity contribution in [1.29, 1.82) is 0 Å². The maximum absolute atomic E-state index is 12.6. The molecule has 8 nitrogen and oxygen atoms in total. The molecule has 1 aliphatic carbocycles. The summed E-state index contributed by atoms with van der Waals surface area (Å²) >= 11 is 0. The van der Waals surface area contributed by atoms with Crippen molar-refractivity contribution in [2.45, 2.75) is 24.8 Å². The van der Waals surface area contributed by atoms with Crippen LogP contribution in [0.4, 0.5) is 5.82 Å². The number of H-pyrrole nitrogens is 1. The van der Waals surface area contributed by atoms with Crippen LogP contribution in [-0.2, 0) is 11.2 Å². The van der Waals surface area contributed by atoms with Gasteiger partial charge in [0.15, 0.2) is 0 Å². The number of aromatic nitrogens is 4. The molecular formula is C20H18N6O2. The number of carbonyl (C=O) groups is 2. The molecule has 2 aromatic heterocycles. The van der Waals surface area contributed by atoms with Gasteiger partial charge in [-0.15, -0.1) is 10.2 Å². The van der Waals surface area contributed by atoms with E-state index in [-0.39, 0.29) is 23.6 Å². The zero-order valence-electron chi connectivity index (χ0n) is 14.9. The Morgan fingerprint density at radius 2 is 2.00 bits per heavy atom. The number of benzene rings is 1. The van der Waals surface area contributed by atoms with Gasteiger partial charge in [0.05, 0.1) is 0 Å². The van der Waals surface area contributed by atoms with Crippen molar-refractivity contribution in [3.05, 3.63) is 71.4 Å². The zero-order valence-corrected chi connectivity index (χ0v) is 14.9. The number of pyridine rings is 1. The van der Waals surface area contributed by atoms with Crippen LogP contribution in [0.15, 0.2) is 48.7 Å². The van der Waals surface area contributed by atoms with Crippen molar-refractivity contribution in [3.63, 3.8) is 0 Å². The summed E-state index contributed by atoms with van der Waals surface area (Å²) in [4.78, 5) is 32.4. The van der Waals surface area contributed by atoms with E-state index >= 15 is 0 Å². The second kappa shape index (κ2) is 6.56. The number of nitrogens with zero attached hydrogens (tertiary/aromatic N) is 3. The zero-order chi connectivity index (χ0) is 19.1. The fourth-order valence-corrected chi connectivity index (χ4v) is 3.80. The SMILES string of the molecule is O=C(N[C@H]1C(=O)Nc2ncccc2[C@H]2C[C@H]21)c1nnc(Cc2ccccc2)[nH]1. The molecule has 140 valence electrons. The second-order valence-corrected chi connectivity index (χ2v) is 7.17. The third-order valence-electron chi connectivity index (χ3n) is 5.28. The highest BCUT2D eigenvalue weighted by Crippen LogP contribution is 2.52.